The van der Waals surface area contributed by atoms with Gasteiger partial charge in [0.2, 0.25) is 21.8 Å². The predicted molar refractivity (Wildman–Crippen MR) is 115 cm³/mol. The van der Waals surface area contributed by atoms with Crippen molar-refractivity contribution in [2.45, 2.75) is 29.8 Å². The summed E-state index contributed by atoms with van der Waals surface area (Å²) in [5, 5.41) is 7.97. The highest BCUT2D eigenvalue weighted by Crippen LogP contribution is 2.35. The molecule has 1 fully saturated rings. The number of hydrogen-bond donors (Lipinski definition) is 0. The fraction of sp³-hybridized carbons (Fsp3) is 0.364. The second kappa shape index (κ2) is 9.26. The molecule has 2 heterocycles. The maximum atomic E-state index is 13.2. The van der Waals surface area contributed by atoms with Gasteiger partial charge in [-0.1, -0.05) is 0 Å². The van der Waals surface area contributed by atoms with Gasteiger partial charge in [-0.2, -0.15) is 17.5 Å². The number of benzene rings is 2. The highest BCUT2D eigenvalue weighted by Gasteiger charge is 2.34. The fourth-order valence-electron chi connectivity index (χ4n) is 3.81. The van der Waals surface area contributed by atoms with Crippen LogP contribution < -0.4 is 9.47 Å². The lowest BCUT2D eigenvalue weighted by Gasteiger charge is -2.30. The van der Waals surface area contributed by atoms with Crippen LogP contribution in [0.15, 0.2) is 51.8 Å². The first-order valence-electron chi connectivity index (χ1n) is 10.4. The van der Waals surface area contributed by atoms with Gasteiger partial charge in [-0.25, -0.2) is 8.42 Å². The number of hydrogen-bond acceptors (Lipinski definition) is 7. The number of sulfonamides is 1. The molecule has 1 saturated heterocycles. The van der Waals surface area contributed by atoms with E-state index in [0.29, 0.717) is 36.4 Å². The molecule has 0 aliphatic carbocycles. The molecule has 0 amide bonds. The van der Waals surface area contributed by atoms with Gasteiger partial charge in [0.25, 0.3) is 0 Å². The lowest BCUT2D eigenvalue weighted by atomic mass is 10.00. The number of aromatic nitrogens is 2. The molecule has 34 heavy (non-hydrogen) atoms. The van der Waals surface area contributed by atoms with Gasteiger partial charge in [0, 0.05) is 24.7 Å². The molecule has 1 aliphatic rings. The van der Waals surface area contributed by atoms with E-state index in [2.05, 4.69) is 10.2 Å². The molecule has 1 unspecified atom stereocenters. The Morgan fingerprint density at radius 2 is 1.74 bits per heavy atom. The summed E-state index contributed by atoms with van der Waals surface area (Å²) in [7, 11) is -0.935. The molecule has 0 radical (unpaired) electrons. The van der Waals surface area contributed by atoms with E-state index in [1.165, 1.54) is 48.9 Å². The Balaban J connectivity index is 1.53. The van der Waals surface area contributed by atoms with Crippen LogP contribution in [-0.4, -0.2) is 50.2 Å². The minimum absolute atomic E-state index is 0.0711. The van der Waals surface area contributed by atoms with Crippen LogP contribution in [0.3, 0.4) is 0 Å². The number of methoxy groups -OCH3 is 2. The fourth-order valence-corrected chi connectivity index (χ4v) is 5.35. The number of rotatable bonds is 6. The first-order valence-corrected chi connectivity index (χ1v) is 11.8. The predicted octanol–water partition coefficient (Wildman–Crippen LogP) is 4.34. The third-order valence-corrected chi connectivity index (χ3v) is 7.49. The molecule has 182 valence electrons. The van der Waals surface area contributed by atoms with Crippen LogP contribution in [0.2, 0.25) is 0 Å². The van der Waals surface area contributed by atoms with Crippen LogP contribution in [0.4, 0.5) is 13.2 Å². The molecule has 8 nitrogen and oxygen atoms in total. The third-order valence-electron chi connectivity index (χ3n) is 5.63. The Bertz CT molecular complexity index is 1260. The molecule has 0 bridgehead atoms. The molecule has 0 N–H and O–H groups in total. The first kappa shape index (κ1) is 24.0. The maximum absolute atomic E-state index is 13.2. The highest BCUT2D eigenvalue weighted by molar-refractivity contribution is 7.89. The molecule has 1 aromatic heterocycles. The second-order valence-corrected chi connectivity index (χ2v) is 9.68. The smallest absolute Gasteiger partial charge is 0.416 e. The Kier molecular flexibility index (Phi) is 6.54. The van der Waals surface area contributed by atoms with Crippen molar-refractivity contribution in [1.82, 2.24) is 14.5 Å². The number of halogens is 3. The van der Waals surface area contributed by atoms with Crippen molar-refractivity contribution in [2.75, 3.05) is 27.3 Å². The van der Waals surface area contributed by atoms with E-state index in [4.69, 9.17) is 13.9 Å². The topological polar surface area (TPSA) is 94.8 Å². The zero-order chi connectivity index (χ0) is 24.5. The summed E-state index contributed by atoms with van der Waals surface area (Å²) >= 11 is 0. The lowest BCUT2D eigenvalue weighted by molar-refractivity contribution is -0.137. The molecule has 12 heteroatoms. The van der Waals surface area contributed by atoms with Gasteiger partial charge in [-0.15, -0.1) is 10.2 Å². The third kappa shape index (κ3) is 4.73. The summed E-state index contributed by atoms with van der Waals surface area (Å²) in [5.41, 5.74) is -0.434. The zero-order valence-electron chi connectivity index (χ0n) is 18.4. The second-order valence-electron chi connectivity index (χ2n) is 7.74. The molecule has 0 spiro atoms. The zero-order valence-corrected chi connectivity index (χ0v) is 19.2. The minimum atomic E-state index is -4.44. The van der Waals surface area contributed by atoms with Gasteiger partial charge in [-0.3, -0.25) is 0 Å². The maximum Gasteiger partial charge on any atom is 0.416 e. The summed E-state index contributed by atoms with van der Waals surface area (Å²) in [5.74, 6) is 0.680. The first-order chi connectivity index (χ1) is 16.1. The summed E-state index contributed by atoms with van der Waals surface area (Å²) in [6.07, 6.45) is -3.23. The van der Waals surface area contributed by atoms with Gasteiger partial charge < -0.3 is 13.9 Å². The van der Waals surface area contributed by atoms with Gasteiger partial charge in [0.05, 0.1) is 30.6 Å². The van der Waals surface area contributed by atoms with E-state index >= 15 is 0 Å². The van der Waals surface area contributed by atoms with E-state index < -0.39 is 21.8 Å². The van der Waals surface area contributed by atoms with Crippen molar-refractivity contribution in [2.24, 2.45) is 0 Å². The summed E-state index contributed by atoms with van der Waals surface area (Å²) in [6.45, 7) is 0.457. The Hall–Kier alpha value is -3.12. The van der Waals surface area contributed by atoms with Crippen molar-refractivity contribution in [3.63, 3.8) is 0 Å². The average Bonchev–Trinajstić information content (AvgIpc) is 3.33. The van der Waals surface area contributed by atoms with Crippen LogP contribution in [-0.2, 0) is 16.2 Å². The van der Waals surface area contributed by atoms with Gasteiger partial charge >= 0.3 is 6.18 Å². The van der Waals surface area contributed by atoms with Crippen LogP contribution in [0.1, 0.15) is 30.2 Å². The van der Waals surface area contributed by atoms with E-state index in [0.717, 1.165) is 12.1 Å². The van der Waals surface area contributed by atoms with E-state index in [-0.39, 0.29) is 29.1 Å². The summed E-state index contributed by atoms with van der Waals surface area (Å²) in [4.78, 5) is 0.0711. The Morgan fingerprint density at radius 1 is 1.03 bits per heavy atom. The molecular weight excluding hydrogens is 475 g/mol. The lowest BCUT2D eigenvalue weighted by Crippen LogP contribution is -2.39. The quantitative estimate of drug-likeness (QED) is 0.500. The van der Waals surface area contributed by atoms with Crippen LogP contribution in [0.5, 0.6) is 11.5 Å². The van der Waals surface area contributed by atoms with Crippen molar-refractivity contribution in [1.29, 1.82) is 0 Å². The van der Waals surface area contributed by atoms with E-state index in [1.807, 2.05) is 0 Å². The van der Waals surface area contributed by atoms with E-state index in [9.17, 15) is 21.6 Å². The highest BCUT2D eigenvalue weighted by atomic mass is 32.2. The summed E-state index contributed by atoms with van der Waals surface area (Å²) < 4.78 is 82.3. The average molecular weight is 497 g/mol. The largest absolute Gasteiger partial charge is 0.493 e. The van der Waals surface area contributed by atoms with Gasteiger partial charge in [-0.05, 0) is 49.2 Å². The number of alkyl halides is 3. The SMILES string of the molecule is COc1ccc(S(=O)(=O)N2CCCC(c3nnc(-c4ccc(C(F)(F)F)cc4)o3)C2)cc1OC. The van der Waals surface area contributed by atoms with E-state index in [1.54, 1.807) is 0 Å². The molecule has 3 aromatic rings. The molecular formula is C22H22F3N3O5S. The number of nitrogens with zero attached hydrogens (tertiary/aromatic N) is 3. The standard InChI is InChI=1S/C22H22F3N3O5S/c1-31-18-10-9-17(12-19(18)32-2)34(29,30)28-11-3-4-15(13-28)21-27-26-20(33-21)14-5-7-16(8-6-14)22(23,24)25/h5-10,12,15H,3-4,11,13H2,1-2H3. The monoisotopic (exact) mass is 497 g/mol. The number of ether oxygens (including phenoxy) is 2. The molecule has 0 saturated carbocycles. The van der Waals surface area contributed by atoms with Crippen LogP contribution >= 0.6 is 0 Å². The van der Waals surface area contributed by atoms with Crippen LogP contribution in [0, 0.1) is 0 Å². The van der Waals surface area contributed by atoms with Crippen molar-refractivity contribution in [3.05, 3.63) is 53.9 Å². The van der Waals surface area contributed by atoms with Gasteiger partial charge in [0.1, 0.15) is 0 Å². The molecule has 1 aliphatic heterocycles. The van der Waals surface area contributed by atoms with Crippen molar-refractivity contribution in [3.8, 4) is 23.0 Å². The van der Waals surface area contributed by atoms with Crippen molar-refractivity contribution < 1.29 is 35.5 Å². The normalized spacial score (nSPS) is 17.5. The van der Waals surface area contributed by atoms with Gasteiger partial charge in [0.15, 0.2) is 11.5 Å². The molecule has 2 aromatic carbocycles. The Morgan fingerprint density at radius 3 is 2.38 bits per heavy atom. The minimum Gasteiger partial charge on any atom is -0.493 e. The molecule has 4 rings (SSSR count). The summed E-state index contributed by atoms with van der Waals surface area (Å²) in [6, 6.07) is 8.79. The van der Waals surface area contributed by atoms with Crippen molar-refractivity contribution >= 4 is 10.0 Å². The number of piperidine rings is 1. The molecule has 1 atom stereocenters. The van der Waals surface area contributed by atoms with Crippen LogP contribution in [0.25, 0.3) is 11.5 Å². The Labute approximate surface area is 194 Å².